The highest BCUT2D eigenvalue weighted by atomic mass is 19.1. The third-order valence-electron chi connectivity index (χ3n) is 5.74. The van der Waals surface area contributed by atoms with Crippen molar-refractivity contribution in [2.75, 3.05) is 0 Å². The predicted molar refractivity (Wildman–Crippen MR) is 106 cm³/mol. The van der Waals surface area contributed by atoms with Gasteiger partial charge < -0.3 is 0 Å². The van der Waals surface area contributed by atoms with E-state index in [1.807, 2.05) is 12.1 Å². The van der Waals surface area contributed by atoms with Crippen molar-refractivity contribution in [1.29, 1.82) is 0 Å². The molecule has 0 amide bonds. The van der Waals surface area contributed by atoms with Crippen molar-refractivity contribution < 1.29 is 4.39 Å². The molecule has 0 unspecified atom stereocenters. The molecule has 2 aromatic rings. The lowest BCUT2D eigenvalue weighted by Gasteiger charge is -2.27. The zero-order chi connectivity index (χ0) is 18.4. The molecule has 26 heavy (non-hydrogen) atoms. The van der Waals surface area contributed by atoms with Gasteiger partial charge in [0.2, 0.25) is 5.95 Å². The van der Waals surface area contributed by atoms with Crippen LogP contribution in [0, 0.1) is 11.9 Å². The number of unbranched alkanes of at least 4 members (excludes halogenated alkanes) is 1. The first-order chi connectivity index (χ1) is 12.7. The summed E-state index contributed by atoms with van der Waals surface area (Å²) in [7, 11) is 0. The maximum atomic E-state index is 14.6. The standard InChI is InChI=1S/C23H31FN2/c1-3-5-7-18-10-14-20(15-11-18)23-25-16-21(22(24)26-23)19-12-8-17(6-4-2)9-13-19/h8-9,12-13,16,18,20H,3-7,10-11,14-15H2,1-2H3. The molecule has 3 heteroatoms. The van der Waals surface area contributed by atoms with Gasteiger partial charge in [-0.3, -0.25) is 0 Å². The Bertz CT molecular complexity index is 688. The van der Waals surface area contributed by atoms with Crippen LogP contribution in [0.5, 0.6) is 0 Å². The van der Waals surface area contributed by atoms with E-state index in [1.165, 1.54) is 37.7 Å². The van der Waals surface area contributed by atoms with Crippen molar-refractivity contribution in [3.05, 3.63) is 47.8 Å². The summed E-state index contributed by atoms with van der Waals surface area (Å²) in [5, 5.41) is 0. The smallest absolute Gasteiger partial charge is 0.224 e. The van der Waals surface area contributed by atoms with Crippen molar-refractivity contribution in [2.45, 2.75) is 77.6 Å². The zero-order valence-corrected chi connectivity index (χ0v) is 16.2. The number of halogens is 1. The zero-order valence-electron chi connectivity index (χ0n) is 16.2. The number of hydrogen-bond acceptors (Lipinski definition) is 2. The molecule has 1 aromatic heterocycles. The molecule has 3 rings (SSSR count). The largest absolute Gasteiger partial charge is 0.240 e. The van der Waals surface area contributed by atoms with Crippen molar-refractivity contribution in [3.63, 3.8) is 0 Å². The summed E-state index contributed by atoms with van der Waals surface area (Å²) in [6, 6.07) is 8.10. The van der Waals surface area contributed by atoms with Crippen LogP contribution in [-0.2, 0) is 6.42 Å². The molecule has 1 aromatic carbocycles. The van der Waals surface area contributed by atoms with Gasteiger partial charge in [0.05, 0.1) is 5.56 Å². The van der Waals surface area contributed by atoms with Gasteiger partial charge in [0, 0.05) is 12.1 Å². The second-order valence-electron chi connectivity index (χ2n) is 7.74. The Morgan fingerprint density at radius 3 is 2.35 bits per heavy atom. The highest BCUT2D eigenvalue weighted by Crippen LogP contribution is 2.36. The first-order valence-corrected chi connectivity index (χ1v) is 10.3. The molecule has 1 fully saturated rings. The van der Waals surface area contributed by atoms with E-state index in [0.717, 1.165) is 37.2 Å². The second-order valence-corrected chi connectivity index (χ2v) is 7.74. The fourth-order valence-electron chi connectivity index (χ4n) is 4.11. The molecule has 140 valence electrons. The predicted octanol–water partition coefficient (Wildman–Crippen LogP) is 6.70. The van der Waals surface area contributed by atoms with E-state index in [4.69, 9.17) is 0 Å². The van der Waals surface area contributed by atoms with E-state index in [9.17, 15) is 4.39 Å². The molecular weight excluding hydrogens is 323 g/mol. The molecule has 0 spiro atoms. The van der Waals surface area contributed by atoms with Crippen molar-refractivity contribution >= 4 is 0 Å². The number of aryl methyl sites for hydroxylation is 1. The molecule has 0 atom stereocenters. The molecule has 0 radical (unpaired) electrons. The van der Waals surface area contributed by atoms with E-state index in [0.29, 0.717) is 17.3 Å². The van der Waals surface area contributed by atoms with Crippen LogP contribution >= 0.6 is 0 Å². The maximum Gasteiger partial charge on any atom is 0.224 e. The van der Waals surface area contributed by atoms with E-state index in [2.05, 4.69) is 35.9 Å². The van der Waals surface area contributed by atoms with Gasteiger partial charge in [0.15, 0.2) is 0 Å². The molecule has 0 saturated heterocycles. The topological polar surface area (TPSA) is 25.8 Å². The minimum atomic E-state index is -0.383. The summed E-state index contributed by atoms with van der Waals surface area (Å²) in [4.78, 5) is 8.78. The van der Waals surface area contributed by atoms with Gasteiger partial charge in [-0.2, -0.15) is 4.39 Å². The van der Waals surface area contributed by atoms with E-state index >= 15 is 0 Å². The molecule has 0 N–H and O–H groups in total. The van der Waals surface area contributed by atoms with Gasteiger partial charge >= 0.3 is 0 Å². The molecule has 0 aliphatic heterocycles. The van der Waals surface area contributed by atoms with Gasteiger partial charge in [-0.1, -0.05) is 63.8 Å². The Hall–Kier alpha value is -1.77. The SMILES string of the molecule is CCCCC1CCC(c2ncc(-c3ccc(CCC)cc3)c(F)n2)CC1. The minimum absolute atomic E-state index is 0.323. The molecular formula is C23H31FN2. The first kappa shape index (κ1) is 19.0. The third kappa shape index (κ3) is 4.69. The third-order valence-corrected chi connectivity index (χ3v) is 5.74. The van der Waals surface area contributed by atoms with Crippen LogP contribution in [0.25, 0.3) is 11.1 Å². The van der Waals surface area contributed by atoms with Gasteiger partial charge in [0.1, 0.15) is 5.82 Å². The lowest BCUT2D eigenvalue weighted by Crippen LogP contribution is -2.16. The summed E-state index contributed by atoms with van der Waals surface area (Å²) in [5.41, 5.74) is 2.65. The highest BCUT2D eigenvalue weighted by molar-refractivity contribution is 5.62. The minimum Gasteiger partial charge on any atom is -0.240 e. The summed E-state index contributed by atoms with van der Waals surface area (Å²) in [6.45, 7) is 4.42. The number of nitrogens with zero attached hydrogens (tertiary/aromatic N) is 2. The van der Waals surface area contributed by atoms with E-state index in [1.54, 1.807) is 6.20 Å². The number of benzene rings is 1. The number of hydrogen-bond donors (Lipinski definition) is 0. The van der Waals surface area contributed by atoms with Crippen molar-refractivity contribution in [2.24, 2.45) is 5.92 Å². The second kappa shape index (κ2) is 9.25. The average Bonchev–Trinajstić information content (AvgIpc) is 2.68. The molecule has 2 nitrogen and oxygen atoms in total. The van der Waals surface area contributed by atoms with E-state index < -0.39 is 0 Å². The molecule has 1 aliphatic rings. The molecule has 1 heterocycles. The molecule has 0 bridgehead atoms. The van der Waals surface area contributed by atoms with Crippen LogP contribution in [0.4, 0.5) is 4.39 Å². The van der Waals surface area contributed by atoms with Crippen LogP contribution in [0.1, 0.15) is 82.5 Å². The van der Waals surface area contributed by atoms with Crippen molar-refractivity contribution in [1.82, 2.24) is 9.97 Å². The Balaban J connectivity index is 1.66. The fourth-order valence-corrected chi connectivity index (χ4v) is 4.11. The molecule has 1 saturated carbocycles. The maximum absolute atomic E-state index is 14.6. The highest BCUT2D eigenvalue weighted by Gasteiger charge is 2.24. The van der Waals surface area contributed by atoms with Crippen LogP contribution in [-0.4, -0.2) is 9.97 Å². The molecule has 1 aliphatic carbocycles. The van der Waals surface area contributed by atoms with Gasteiger partial charge in [-0.15, -0.1) is 0 Å². The van der Waals surface area contributed by atoms with Crippen LogP contribution in [0.15, 0.2) is 30.5 Å². The lowest BCUT2D eigenvalue weighted by molar-refractivity contribution is 0.297. The quantitative estimate of drug-likeness (QED) is 0.517. The number of aromatic nitrogens is 2. The van der Waals surface area contributed by atoms with Crippen LogP contribution < -0.4 is 0 Å². The van der Waals surface area contributed by atoms with Gasteiger partial charge in [-0.05, 0) is 49.1 Å². The number of rotatable bonds is 7. The monoisotopic (exact) mass is 354 g/mol. The van der Waals surface area contributed by atoms with Crippen molar-refractivity contribution in [3.8, 4) is 11.1 Å². The summed E-state index contributed by atoms with van der Waals surface area (Å²) in [5.74, 6) is 1.48. The lowest BCUT2D eigenvalue weighted by atomic mass is 9.79. The van der Waals surface area contributed by atoms with E-state index in [-0.39, 0.29) is 5.95 Å². The fraction of sp³-hybridized carbons (Fsp3) is 0.565. The van der Waals surface area contributed by atoms with Crippen LogP contribution in [0.3, 0.4) is 0 Å². The Morgan fingerprint density at radius 1 is 1.00 bits per heavy atom. The Labute approximate surface area is 157 Å². The first-order valence-electron chi connectivity index (χ1n) is 10.3. The summed E-state index contributed by atoms with van der Waals surface area (Å²) < 4.78 is 14.6. The van der Waals surface area contributed by atoms with Gasteiger partial charge in [0.25, 0.3) is 0 Å². The normalized spacial score (nSPS) is 20.3. The Kier molecular flexibility index (Phi) is 6.76. The van der Waals surface area contributed by atoms with Gasteiger partial charge in [-0.25, -0.2) is 9.97 Å². The van der Waals surface area contributed by atoms with Crippen LogP contribution in [0.2, 0.25) is 0 Å². The average molecular weight is 355 g/mol. The summed E-state index contributed by atoms with van der Waals surface area (Å²) >= 11 is 0. The Morgan fingerprint density at radius 2 is 1.73 bits per heavy atom. The summed E-state index contributed by atoms with van der Waals surface area (Å²) in [6.07, 6.45) is 12.4.